The zero-order valence-corrected chi connectivity index (χ0v) is 32.8. The minimum Gasteiger partial charge on any atom is -0.436 e. The highest BCUT2D eigenvalue weighted by molar-refractivity contribution is 8.03. The van der Waals surface area contributed by atoms with Gasteiger partial charge >= 0.3 is 5.97 Å². The van der Waals surface area contributed by atoms with E-state index < -0.39 is 11.9 Å². The van der Waals surface area contributed by atoms with Crippen molar-refractivity contribution in [3.8, 4) is 0 Å². The van der Waals surface area contributed by atoms with Gasteiger partial charge in [0.15, 0.2) is 0 Å². The Balaban J connectivity index is 0.000000371. The summed E-state index contributed by atoms with van der Waals surface area (Å²) in [5.74, 6) is 3.04. The van der Waals surface area contributed by atoms with Crippen molar-refractivity contribution in [3.63, 3.8) is 0 Å². The maximum atomic E-state index is 12.3. The van der Waals surface area contributed by atoms with Crippen LogP contribution in [0.5, 0.6) is 0 Å². The molecule has 51 heavy (non-hydrogen) atoms. The molecule has 2 aromatic carbocycles. The van der Waals surface area contributed by atoms with Gasteiger partial charge in [0, 0.05) is 31.8 Å². The second-order valence-electron chi connectivity index (χ2n) is 15.2. The molecule has 2 saturated heterocycles. The van der Waals surface area contributed by atoms with Crippen LogP contribution in [0.4, 0.5) is 0 Å². The van der Waals surface area contributed by atoms with Crippen LogP contribution in [-0.2, 0) is 24.6 Å². The van der Waals surface area contributed by atoms with E-state index in [-0.39, 0.29) is 11.9 Å². The summed E-state index contributed by atoms with van der Waals surface area (Å²) in [6.07, 6.45) is 19.0. The predicted octanol–water partition coefficient (Wildman–Crippen LogP) is 11.2. The fourth-order valence-electron chi connectivity index (χ4n) is 7.85. The van der Waals surface area contributed by atoms with Gasteiger partial charge < -0.3 is 19.5 Å². The van der Waals surface area contributed by atoms with Crippen molar-refractivity contribution < 1.29 is 19.0 Å². The summed E-state index contributed by atoms with van der Waals surface area (Å²) in [6, 6.07) is 20.8. The first-order chi connectivity index (χ1) is 24.9. The van der Waals surface area contributed by atoms with Crippen LogP contribution in [-0.4, -0.2) is 44.3 Å². The molecule has 3 aliphatic heterocycles. The second-order valence-corrected chi connectivity index (χ2v) is 16.1. The van der Waals surface area contributed by atoms with Gasteiger partial charge in [-0.2, -0.15) is 0 Å². The van der Waals surface area contributed by atoms with Crippen LogP contribution in [0.1, 0.15) is 122 Å². The van der Waals surface area contributed by atoms with Crippen molar-refractivity contribution in [1.29, 1.82) is 0 Å². The van der Waals surface area contributed by atoms with Gasteiger partial charge in [0.2, 0.25) is 6.29 Å². The molecular weight excluding hydrogens is 651 g/mol. The summed E-state index contributed by atoms with van der Waals surface area (Å²) < 4.78 is 18.7. The van der Waals surface area contributed by atoms with E-state index in [0.29, 0.717) is 19.1 Å². The number of esters is 1. The molecule has 1 N–H and O–H groups in total. The molecule has 0 bridgehead atoms. The summed E-state index contributed by atoms with van der Waals surface area (Å²) in [4.78, 5) is 12.3. The van der Waals surface area contributed by atoms with Crippen molar-refractivity contribution in [1.82, 2.24) is 5.32 Å². The van der Waals surface area contributed by atoms with Gasteiger partial charge in [-0.05, 0) is 104 Å². The van der Waals surface area contributed by atoms with E-state index in [4.69, 9.17) is 20.8 Å². The van der Waals surface area contributed by atoms with Gasteiger partial charge in [-0.3, -0.25) is 4.79 Å². The molecule has 3 heterocycles. The minimum absolute atomic E-state index is 0.0656. The number of ether oxygens (including phenoxy) is 3. The molecule has 5 aliphatic rings. The Morgan fingerprint density at radius 3 is 1.86 bits per heavy atom. The van der Waals surface area contributed by atoms with Crippen LogP contribution in [0.25, 0.3) is 0 Å². The molecule has 282 valence electrons. The third-order valence-corrected chi connectivity index (χ3v) is 11.6. The topological polar surface area (TPSA) is 56.8 Å². The third kappa shape index (κ3) is 13.8. The predicted molar refractivity (Wildman–Crippen MR) is 215 cm³/mol. The van der Waals surface area contributed by atoms with E-state index in [9.17, 15) is 4.79 Å². The standard InChI is InChI=1S/C34H46O4.C4H9N.C4H8.C3H4S/c1-5-12-28-21-25(2)22-29(24-28)23-26(3)34(31-13-8-6-9-14-31,32-15-10-7-11-16-32)38-33(37-27(4)35)30-17-19-36-20-18-30;1-2-4-5-3-1;2*1-2-4-3-1/h6-11,13-16,25,28-30,33H,3,5,12,17-24H2,1-2,4H3;5H,1-4H2;1-4H2;1-2H,3H2. The Morgan fingerprint density at radius 1 is 0.902 bits per heavy atom. The summed E-state index contributed by atoms with van der Waals surface area (Å²) in [5.41, 5.74) is 2.15. The maximum Gasteiger partial charge on any atom is 0.304 e. The first-order valence-electron chi connectivity index (χ1n) is 20.1. The van der Waals surface area contributed by atoms with Gasteiger partial charge in [-0.1, -0.05) is 126 Å². The Labute approximate surface area is 314 Å². The molecule has 0 amide bonds. The fraction of sp³-hybridized carbons (Fsp3) is 0.622. The van der Waals surface area contributed by atoms with E-state index in [1.54, 1.807) is 0 Å². The highest BCUT2D eigenvalue weighted by Gasteiger charge is 2.44. The lowest BCUT2D eigenvalue weighted by Crippen LogP contribution is -2.43. The van der Waals surface area contributed by atoms with Crippen molar-refractivity contribution >= 4 is 17.7 Å². The zero-order valence-electron chi connectivity index (χ0n) is 32.0. The lowest BCUT2D eigenvalue weighted by Gasteiger charge is -2.43. The lowest BCUT2D eigenvalue weighted by atomic mass is 9.69. The maximum absolute atomic E-state index is 12.3. The summed E-state index contributed by atoms with van der Waals surface area (Å²) >= 11 is 1.86. The normalized spacial score (nSPS) is 23.3. The molecule has 7 rings (SSSR count). The van der Waals surface area contributed by atoms with Crippen LogP contribution in [0.15, 0.2) is 84.3 Å². The molecule has 2 aromatic rings. The van der Waals surface area contributed by atoms with Gasteiger partial charge in [0.1, 0.15) is 5.60 Å². The Kier molecular flexibility index (Phi) is 18.9. The van der Waals surface area contributed by atoms with Crippen molar-refractivity contribution in [3.05, 3.63) is 95.4 Å². The highest BCUT2D eigenvalue weighted by Crippen LogP contribution is 2.47. The van der Waals surface area contributed by atoms with E-state index in [1.807, 2.05) is 23.9 Å². The number of benzene rings is 2. The van der Waals surface area contributed by atoms with Crippen LogP contribution < -0.4 is 5.32 Å². The summed E-state index contributed by atoms with van der Waals surface area (Å²) in [6.45, 7) is 14.7. The Bertz CT molecular complexity index is 1210. The molecule has 2 aliphatic carbocycles. The van der Waals surface area contributed by atoms with E-state index in [0.717, 1.165) is 47.8 Å². The number of hydrogen-bond acceptors (Lipinski definition) is 6. The van der Waals surface area contributed by atoms with Crippen LogP contribution in [0.3, 0.4) is 0 Å². The van der Waals surface area contributed by atoms with E-state index in [1.165, 1.54) is 96.4 Å². The number of hydrogen-bond donors (Lipinski definition) is 1. The molecule has 4 fully saturated rings. The quantitative estimate of drug-likeness (QED) is 0.142. The minimum atomic E-state index is -0.929. The average Bonchev–Trinajstić information content (AvgIpc) is 3.67. The van der Waals surface area contributed by atoms with Crippen LogP contribution in [0.2, 0.25) is 0 Å². The molecule has 0 spiro atoms. The SMILES string of the molecule is C1=CSC1.C1CCC1.C1CCNC1.C=C(CC1CC(C)CC(CCC)C1)C(OC(OC(C)=O)C1CCOCC1)(c1ccccc1)c1ccccc1. The average molecular weight is 718 g/mol. The van der Waals surface area contributed by atoms with Crippen molar-refractivity contribution in [2.24, 2.45) is 23.7 Å². The van der Waals surface area contributed by atoms with Gasteiger partial charge in [0.05, 0.1) is 0 Å². The van der Waals surface area contributed by atoms with Crippen LogP contribution >= 0.6 is 11.8 Å². The zero-order chi connectivity index (χ0) is 36.2. The number of rotatable bonds is 11. The van der Waals surface area contributed by atoms with Crippen molar-refractivity contribution in [2.75, 3.05) is 32.1 Å². The van der Waals surface area contributed by atoms with Crippen molar-refractivity contribution in [2.45, 2.75) is 123 Å². The largest absolute Gasteiger partial charge is 0.436 e. The molecule has 0 radical (unpaired) electrons. The third-order valence-electron chi connectivity index (χ3n) is 10.8. The first kappa shape index (κ1) is 41.4. The fourth-order valence-corrected chi connectivity index (χ4v) is 8.05. The molecule has 5 nitrogen and oxygen atoms in total. The monoisotopic (exact) mass is 717 g/mol. The lowest BCUT2D eigenvalue weighted by molar-refractivity contribution is -0.223. The van der Waals surface area contributed by atoms with Gasteiger partial charge in [-0.15, -0.1) is 11.8 Å². The highest BCUT2D eigenvalue weighted by atomic mass is 32.2. The van der Waals surface area contributed by atoms with Gasteiger partial charge in [-0.25, -0.2) is 0 Å². The Morgan fingerprint density at radius 2 is 1.43 bits per heavy atom. The van der Waals surface area contributed by atoms with E-state index in [2.05, 4.69) is 79.2 Å². The number of carbonyl (C=O) groups is 1. The molecular formula is C45H67NO4S. The molecule has 4 atom stereocenters. The molecule has 6 heteroatoms. The Hall–Kier alpha value is -2.38. The number of carbonyl (C=O) groups excluding carboxylic acids is 1. The molecule has 4 unspecified atom stereocenters. The first-order valence-corrected chi connectivity index (χ1v) is 21.2. The number of thioether (sulfide) groups is 1. The van der Waals surface area contributed by atoms with Crippen LogP contribution in [0, 0.1) is 23.7 Å². The van der Waals surface area contributed by atoms with Gasteiger partial charge in [0.25, 0.3) is 0 Å². The molecule has 0 aromatic heterocycles. The summed E-state index contributed by atoms with van der Waals surface area (Å²) in [7, 11) is 0. The number of nitrogens with one attached hydrogen (secondary N) is 1. The summed E-state index contributed by atoms with van der Waals surface area (Å²) in [5, 5.41) is 5.32. The molecule has 2 saturated carbocycles. The second kappa shape index (κ2) is 23.3. The smallest absolute Gasteiger partial charge is 0.304 e. The van der Waals surface area contributed by atoms with E-state index >= 15 is 0 Å².